The summed E-state index contributed by atoms with van der Waals surface area (Å²) in [5.74, 6) is 0.961. The second kappa shape index (κ2) is 5.12. The van der Waals surface area contributed by atoms with E-state index in [-0.39, 0.29) is 0 Å². The van der Waals surface area contributed by atoms with Gasteiger partial charge in [0.05, 0.1) is 6.07 Å². The molecule has 0 amide bonds. The molecule has 0 saturated carbocycles. The Balaban J connectivity index is 2.21. The number of aromatic nitrogens is 2. The highest BCUT2D eigenvalue weighted by atomic mass is 32.2. The minimum atomic E-state index is 0.630. The van der Waals surface area contributed by atoms with E-state index in [9.17, 15) is 0 Å². The molecular formula is C7H9N3S2. The molecule has 0 bridgehead atoms. The van der Waals surface area contributed by atoms with Crippen molar-refractivity contribution < 1.29 is 0 Å². The van der Waals surface area contributed by atoms with Gasteiger partial charge in [-0.2, -0.15) is 5.26 Å². The van der Waals surface area contributed by atoms with Crippen LogP contribution in [0.4, 0.5) is 0 Å². The fourth-order valence-corrected chi connectivity index (χ4v) is 2.47. The summed E-state index contributed by atoms with van der Waals surface area (Å²) in [5, 5.41) is 17.1. The lowest BCUT2D eigenvalue weighted by Gasteiger charge is -1.90. The van der Waals surface area contributed by atoms with Gasteiger partial charge in [-0.3, -0.25) is 0 Å². The van der Waals surface area contributed by atoms with Crippen molar-refractivity contribution >= 4 is 23.1 Å². The van der Waals surface area contributed by atoms with Crippen LogP contribution in [0.5, 0.6) is 0 Å². The predicted octanol–water partition coefficient (Wildman–Crippen LogP) is 2.24. The molecule has 3 nitrogen and oxygen atoms in total. The zero-order valence-electron chi connectivity index (χ0n) is 6.78. The average molecular weight is 199 g/mol. The fraction of sp³-hybridized carbons (Fsp3) is 0.571. The summed E-state index contributed by atoms with van der Waals surface area (Å²) in [6, 6.07) is 2.11. The van der Waals surface area contributed by atoms with Gasteiger partial charge in [-0.15, -0.1) is 10.2 Å². The molecule has 0 aromatic carbocycles. The molecule has 12 heavy (non-hydrogen) atoms. The third-order valence-electron chi connectivity index (χ3n) is 1.17. The SMILES string of the molecule is Cc1nnc(SCCCC#N)s1. The lowest BCUT2D eigenvalue weighted by atomic mass is 10.4. The number of aryl methyl sites for hydroxylation is 1. The van der Waals surface area contributed by atoms with E-state index in [1.807, 2.05) is 6.92 Å². The van der Waals surface area contributed by atoms with Crippen molar-refractivity contribution in [2.24, 2.45) is 0 Å². The van der Waals surface area contributed by atoms with Crippen LogP contribution in [-0.4, -0.2) is 16.0 Å². The molecule has 1 heterocycles. The second-order valence-electron chi connectivity index (χ2n) is 2.20. The molecule has 0 spiro atoms. The second-order valence-corrected chi connectivity index (χ2v) is 4.72. The Morgan fingerprint density at radius 1 is 1.58 bits per heavy atom. The summed E-state index contributed by atoms with van der Waals surface area (Å²) in [6.45, 7) is 1.94. The molecule has 0 atom stereocenters. The molecular weight excluding hydrogens is 190 g/mol. The zero-order valence-corrected chi connectivity index (χ0v) is 8.41. The van der Waals surface area contributed by atoms with Crippen molar-refractivity contribution in [3.05, 3.63) is 5.01 Å². The van der Waals surface area contributed by atoms with E-state index in [1.54, 1.807) is 23.1 Å². The molecule has 0 N–H and O–H groups in total. The van der Waals surface area contributed by atoms with Gasteiger partial charge in [0, 0.05) is 12.2 Å². The number of unbranched alkanes of at least 4 members (excludes halogenated alkanes) is 1. The lowest BCUT2D eigenvalue weighted by Crippen LogP contribution is -1.78. The van der Waals surface area contributed by atoms with Gasteiger partial charge in [0.1, 0.15) is 5.01 Å². The van der Waals surface area contributed by atoms with Crippen LogP contribution in [0.3, 0.4) is 0 Å². The summed E-state index contributed by atoms with van der Waals surface area (Å²) in [6.07, 6.45) is 1.56. The van der Waals surface area contributed by atoms with Crippen LogP contribution in [0.25, 0.3) is 0 Å². The number of thioether (sulfide) groups is 1. The molecule has 5 heteroatoms. The summed E-state index contributed by atoms with van der Waals surface area (Å²) in [7, 11) is 0. The minimum absolute atomic E-state index is 0.630. The van der Waals surface area contributed by atoms with E-state index in [0.717, 1.165) is 21.5 Å². The molecule has 0 aliphatic carbocycles. The number of rotatable bonds is 4. The van der Waals surface area contributed by atoms with E-state index in [4.69, 9.17) is 5.26 Å². The number of hydrogen-bond acceptors (Lipinski definition) is 5. The van der Waals surface area contributed by atoms with E-state index in [0.29, 0.717) is 6.42 Å². The molecule has 0 saturated heterocycles. The highest BCUT2D eigenvalue weighted by Gasteiger charge is 1.99. The highest BCUT2D eigenvalue weighted by molar-refractivity contribution is 8.01. The summed E-state index contributed by atoms with van der Waals surface area (Å²) < 4.78 is 1.01. The first-order valence-corrected chi connectivity index (χ1v) is 5.43. The Morgan fingerprint density at radius 2 is 2.42 bits per heavy atom. The molecule has 0 radical (unpaired) electrons. The van der Waals surface area contributed by atoms with Gasteiger partial charge in [0.25, 0.3) is 0 Å². The molecule has 64 valence electrons. The number of hydrogen-bond donors (Lipinski definition) is 0. The van der Waals surface area contributed by atoms with Gasteiger partial charge in [0.15, 0.2) is 4.34 Å². The van der Waals surface area contributed by atoms with Crippen molar-refractivity contribution in [1.29, 1.82) is 5.26 Å². The maximum Gasteiger partial charge on any atom is 0.174 e. The van der Waals surface area contributed by atoms with Gasteiger partial charge in [0.2, 0.25) is 0 Å². The first-order chi connectivity index (χ1) is 5.83. The largest absolute Gasteiger partial charge is 0.198 e. The van der Waals surface area contributed by atoms with Crippen molar-refractivity contribution in [3.8, 4) is 6.07 Å². The molecule has 0 unspecified atom stereocenters. The van der Waals surface area contributed by atoms with Gasteiger partial charge >= 0.3 is 0 Å². The number of nitrogens with zero attached hydrogens (tertiary/aromatic N) is 3. The zero-order chi connectivity index (χ0) is 8.81. The average Bonchev–Trinajstić information content (AvgIpc) is 2.45. The molecule has 1 aromatic heterocycles. The maximum absolute atomic E-state index is 8.28. The van der Waals surface area contributed by atoms with Crippen molar-refractivity contribution in [2.75, 3.05) is 5.75 Å². The molecule has 0 aliphatic heterocycles. The first kappa shape index (κ1) is 9.49. The quantitative estimate of drug-likeness (QED) is 0.551. The van der Waals surface area contributed by atoms with E-state index in [2.05, 4.69) is 16.3 Å². The predicted molar refractivity (Wildman–Crippen MR) is 50.2 cm³/mol. The van der Waals surface area contributed by atoms with Crippen LogP contribution < -0.4 is 0 Å². The molecule has 0 fully saturated rings. The van der Waals surface area contributed by atoms with Crippen LogP contribution in [0.15, 0.2) is 4.34 Å². The first-order valence-electron chi connectivity index (χ1n) is 3.63. The Bertz CT molecular complexity index is 276. The van der Waals surface area contributed by atoms with Crippen LogP contribution in [0, 0.1) is 18.3 Å². The van der Waals surface area contributed by atoms with Crippen LogP contribution in [0.1, 0.15) is 17.8 Å². The smallest absolute Gasteiger partial charge is 0.174 e. The van der Waals surface area contributed by atoms with Gasteiger partial charge < -0.3 is 0 Å². The van der Waals surface area contributed by atoms with E-state index < -0.39 is 0 Å². The Morgan fingerprint density at radius 3 is 3.00 bits per heavy atom. The lowest BCUT2D eigenvalue weighted by molar-refractivity contribution is 0.963. The topological polar surface area (TPSA) is 49.6 Å². The van der Waals surface area contributed by atoms with Crippen LogP contribution in [-0.2, 0) is 0 Å². The summed E-state index contributed by atoms with van der Waals surface area (Å²) in [4.78, 5) is 0. The summed E-state index contributed by atoms with van der Waals surface area (Å²) in [5.41, 5.74) is 0. The maximum atomic E-state index is 8.28. The minimum Gasteiger partial charge on any atom is -0.198 e. The van der Waals surface area contributed by atoms with Crippen molar-refractivity contribution in [3.63, 3.8) is 0 Å². The molecule has 1 rings (SSSR count). The molecule has 0 aliphatic rings. The highest BCUT2D eigenvalue weighted by Crippen LogP contribution is 2.22. The monoisotopic (exact) mass is 199 g/mol. The van der Waals surface area contributed by atoms with E-state index >= 15 is 0 Å². The van der Waals surface area contributed by atoms with Gasteiger partial charge in [-0.25, -0.2) is 0 Å². The fourth-order valence-electron chi connectivity index (χ4n) is 0.647. The third kappa shape index (κ3) is 3.20. The van der Waals surface area contributed by atoms with E-state index in [1.165, 1.54) is 0 Å². The number of nitriles is 1. The van der Waals surface area contributed by atoms with Crippen molar-refractivity contribution in [1.82, 2.24) is 10.2 Å². The van der Waals surface area contributed by atoms with Gasteiger partial charge in [-0.1, -0.05) is 23.1 Å². The molecule has 1 aromatic rings. The van der Waals surface area contributed by atoms with Gasteiger partial charge in [-0.05, 0) is 13.3 Å². The third-order valence-corrected chi connectivity index (χ3v) is 3.22. The normalized spacial score (nSPS) is 9.67. The Labute approximate surface area is 79.8 Å². The van der Waals surface area contributed by atoms with Crippen LogP contribution in [0.2, 0.25) is 0 Å². The van der Waals surface area contributed by atoms with Crippen molar-refractivity contribution in [2.45, 2.75) is 24.1 Å². The summed E-state index contributed by atoms with van der Waals surface area (Å²) >= 11 is 3.28. The Kier molecular flexibility index (Phi) is 4.05. The Hall–Kier alpha value is -0.600. The standard InChI is InChI=1S/C7H9N3S2/c1-6-9-10-7(12-6)11-5-3-2-4-8/h2-3,5H2,1H3. The van der Waals surface area contributed by atoms with Crippen LogP contribution >= 0.6 is 23.1 Å².